The predicted octanol–water partition coefficient (Wildman–Crippen LogP) is 2.54. The minimum Gasteiger partial charge on any atom is -0.374 e. The van der Waals surface area contributed by atoms with Crippen molar-refractivity contribution in [3.63, 3.8) is 0 Å². The molecule has 0 amide bonds. The molecule has 86 valence electrons. The Morgan fingerprint density at radius 3 is 2.29 bits per heavy atom. The Bertz CT molecular complexity index is 126. The molecule has 1 N–H and O–H groups in total. The van der Waals surface area contributed by atoms with E-state index in [2.05, 4.69) is 6.92 Å². The fraction of sp³-hybridized carbons (Fsp3) is 1.00. The zero-order valence-corrected chi connectivity index (χ0v) is 10.2. The van der Waals surface area contributed by atoms with E-state index in [1.807, 2.05) is 27.7 Å². The summed E-state index contributed by atoms with van der Waals surface area (Å²) in [6.07, 6.45) is 1.53. The van der Waals surface area contributed by atoms with Gasteiger partial charge in [-0.05, 0) is 26.2 Å². The highest BCUT2D eigenvalue weighted by Crippen LogP contribution is 2.18. The van der Waals surface area contributed by atoms with Crippen LogP contribution in [0.25, 0.3) is 0 Å². The molecule has 0 aromatic carbocycles. The molecule has 0 aromatic rings. The maximum Gasteiger partial charge on any atom is 0.0731 e. The number of rotatable bonds is 2. The molecule has 1 heterocycles. The van der Waals surface area contributed by atoms with Crippen molar-refractivity contribution in [3.8, 4) is 0 Å². The third-order valence-electron chi connectivity index (χ3n) is 2.07. The van der Waals surface area contributed by atoms with Gasteiger partial charge in [0.05, 0.1) is 18.8 Å². The van der Waals surface area contributed by atoms with Gasteiger partial charge in [0.25, 0.3) is 0 Å². The van der Waals surface area contributed by atoms with Crippen molar-refractivity contribution in [1.82, 2.24) is 5.06 Å². The van der Waals surface area contributed by atoms with Crippen molar-refractivity contribution < 1.29 is 9.94 Å². The van der Waals surface area contributed by atoms with Crippen LogP contribution in [-0.4, -0.2) is 35.6 Å². The Morgan fingerprint density at radius 1 is 1.29 bits per heavy atom. The van der Waals surface area contributed by atoms with Gasteiger partial charge >= 0.3 is 0 Å². The number of hydroxylamine groups is 2. The second-order valence-electron chi connectivity index (χ2n) is 4.02. The van der Waals surface area contributed by atoms with Crippen LogP contribution >= 0.6 is 0 Å². The molecular weight excluding hydrogens is 178 g/mol. The standard InChI is InChI=1S/C9H19NO2.C2H6/c1-7(2)12-9-4-8(3)5-10(11)6-9;1-2/h7-9,11H,4-6H2,1-3H3;1-2H3/t8-,9+;/m1./s1. The summed E-state index contributed by atoms with van der Waals surface area (Å²) in [7, 11) is 0. The van der Waals surface area contributed by atoms with Crippen molar-refractivity contribution in [2.24, 2.45) is 5.92 Å². The van der Waals surface area contributed by atoms with Crippen molar-refractivity contribution in [2.45, 2.75) is 53.2 Å². The van der Waals surface area contributed by atoms with Gasteiger partial charge in [-0.3, -0.25) is 0 Å². The highest BCUT2D eigenvalue weighted by atomic mass is 16.5. The smallest absolute Gasteiger partial charge is 0.0731 e. The first-order valence-electron chi connectivity index (χ1n) is 5.67. The molecule has 0 aliphatic carbocycles. The quantitative estimate of drug-likeness (QED) is 0.748. The van der Waals surface area contributed by atoms with Gasteiger partial charge in [-0.1, -0.05) is 20.8 Å². The van der Waals surface area contributed by atoms with Crippen molar-refractivity contribution in [2.75, 3.05) is 13.1 Å². The van der Waals surface area contributed by atoms with Gasteiger partial charge in [0, 0.05) is 6.54 Å². The molecule has 14 heavy (non-hydrogen) atoms. The molecule has 1 rings (SSSR count). The maximum absolute atomic E-state index is 9.32. The van der Waals surface area contributed by atoms with Crippen LogP contribution in [0.4, 0.5) is 0 Å². The minimum absolute atomic E-state index is 0.207. The van der Waals surface area contributed by atoms with E-state index in [-0.39, 0.29) is 12.2 Å². The Morgan fingerprint density at radius 2 is 1.86 bits per heavy atom. The van der Waals surface area contributed by atoms with Crippen LogP contribution in [-0.2, 0) is 4.74 Å². The van der Waals surface area contributed by atoms with Crippen molar-refractivity contribution in [3.05, 3.63) is 0 Å². The fourth-order valence-corrected chi connectivity index (χ4v) is 1.75. The molecule has 1 fully saturated rings. The van der Waals surface area contributed by atoms with Crippen LogP contribution in [0, 0.1) is 5.92 Å². The van der Waals surface area contributed by atoms with E-state index >= 15 is 0 Å². The largest absolute Gasteiger partial charge is 0.374 e. The highest BCUT2D eigenvalue weighted by Gasteiger charge is 2.24. The number of piperidine rings is 1. The van der Waals surface area contributed by atoms with Crippen LogP contribution < -0.4 is 0 Å². The Hall–Kier alpha value is -0.120. The van der Waals surface area contributed by atoms with Crippen LogP contribution in [0.1, 0.15) is 41.0 Å². The molecule has 2 atom stereocenters. The summed E-state index contributed by atoms with van der Waals surface area (Å²) < 4.78 is 5.63. The van der Waals surface area contributed by atoms with Crippen LogP contribution in [0.15, 0.2) is 0 Å². The van der Waals surface area contributed by atoms with Gasteiger partial charge in [-0.15, -0.1) is 0 Å². The summed E-state index contributed by atoms with van der Waals surface area (Å²) in [5.41, 5.74) is 0. The Labute approximate surface area is 88.0 Å². The van der Waals surface area contributed by atoms with Crippen LogP contribution in [0.3, 0.4) is 0 Å². The molecule has 1 aliphatic rings. The number of ether oxygens (including phenoxy) is 1. The first kappa shape index (κ1) is 13.9. The zero-order chi connectivity index (χ0) is 11.1. The van der Waals surface area contributed by atoms with E-state index in [0.717, 1.165) is 13.0 Å². The topological polar surface area (TPSA) is 32.7 Å². The van der Waals surface area contributed by atoms with E-state index < -0.39 is 0 Å². The fourth-order valence-electron chi connectivity index (χ4n) is 1.75. The molecule has 3 nitrogen and oxygen atoms in total. The summed E-state index contributed by atoms with van der Waals surface area (Å²) in [5, 5.41) is 10.7. The normalized spacial score (nSPS) is 28.5. The van der Waals surface area contributed by atoms with Gasteiger partial charge in [-0.25, -0.2) is 0 Å². The second kappa shape index (κ2) is 7.21. The van der Waals surface area contributed by atoms with Gasteiger partial charge in [0.2, 0.25) is 0 Å². The number of hydrogen-bond acceptors (Lipinski definition) is 3. The van der Waals surface area contributed by atoms with Gasteiger partial charge in [0.1, 0.15) is 0 Å². The third-order valence-corrected chi connectivity index (χ3v) is 2.07. The zero-order valence-electron chi connectivity index (χ0n) is 10.2. The van der Waals surface area contributed by atoms with Crippen LogP contribution in [0.2, 0.25) is 0 Å². The van der Waals surface area contributed by atoms with Crippen molar-refractivity contribution >= 4 is 0 Å². The first-order valence-corrected chi connectivity index (χ1v) is 5.67. The van der Waals surface area contributed by atoms with E-state index in [0.29, 0.717) is 12.5 Å². The first-order chi connectivity index (χ1) is 6.58. The van der Waals surface area contributed by atoms with E-state index in [1.54, 1.807) is 0 Å². The average molecular weight is 203 g/mol. The molecular formula is C11H25NO2. The average Bonchev–Trinajstić information content (AvgIpc) is 2.04. The van der Waals surface area contributed by atoms with Gasteiger partial charge < -0.3 is 9.94 Å². The molecule has 0 unspecified atom stereocenters. The number of nitrogens with zero attached hydrogens (tertiary/aromatic N) is 1. The summed E-state index contributed by atoms with van der Waals surface area (Å²) in [6.45, 7) is 11.6. The lowest BCUT2D eigenvalue weighted by molar-refractivity contribution is -0.163. The molecule has 3 heteroatoms. The predicted molar refractivity (Wildman–Crippen MR) is 58.5 cm³/mol. The maximum atomic E-state index is 9.32. The lowest BCUT2D eigenvalue weighted by Crippen LogP contribution is -2.42. The van der Waals surface area contributed by atoms with E-state index in [1.165, 1.54) is 5.06 Å². The minimum atomic E-state index is 0.207. The molecule has 0 aromatic heterocycles. The molecule has 1 aliphatic heterocycles. The third kappa shape index (κ3) is 5.58. The second-order valence-corrected chi connectivity index (χ2v) is 4.02. The van der Waals surface area contributed by atoms with Gasteiger partial charge in [-0.2, -0.15) is 5.06 Å². The van der Waals surface area contributed by atoms with Crippen LogP contribution in [0.5, 0.6) is 0 Å². The number of hydrogen-bond donors (Lipinski definition) is 1. The summed E-state index contributed by atoms with van der Waals surface area (Å²) >= 11 is 0. The Balaban J connectivity index is 0.000000791. The SMILES string of the molecule is CC.CC(C)O[C@H]1C[C@@H](C)CN(O)C1. The lowest BCUT2D eigenvalue weighted by Gasteiger charge is -2.33. The summed E-state index contributed by atoms with van der Waals surface area (Å²) in [5.74, 6) is 0.535. The molecule has 1 saturated heterocycles. The highest BCUT2D eigenvalue weighted by molar-refractivity contribution is 4.73. The molecule has 0 spiro atoms. The monoisotopic (exact) mass is 203 g/mol. The van der Waals surface area contributed by atoms with Crippen molar-refractivity contribution in [1.29, 1.82) is 0 Å². The van der Waals surface area contributed by atoms with E-state index in [9.17, 15) is 5.21 Å². The summed E-state index contributed by atoms with van der Waals surface area (Å²) in [4.78, 5) is 0. The Kier molecular flexibility index (Phi) is 7.15. The summed E-state index contributed by atoms with van der Waals surface area (Å²) in [6, 6.07) is 0. The molecule has 0 radical (unpaired) electrons. The lowest BCUT2D eigenvalue weighted by atomic mass is 9.99. The van der Waals surface area contributed by atoms with Gasteiger partial charge in [0.15, 0.2) is 0 Å². The van der Waals surface area contributed by atoms with E-state index in [4.69, 9.17) is 4.74 Å². The molecule has 0 bridgehead atoms. The molecule has 0 saturated carbocycles.